The molecule has 0 unspecified atom stereocenters. The molecule has 1 fully saturated rings. The molecule has 0 radical (unpaired) electrons. The topological polar surface area (TPSA) is 63.7 Å². The zero-order valence-electron chi connectivity index (χ0n) is 13.5. The van der Waals surface area contributed by atoms with E-state index in [9.17, 15) is 4.79 Å². The van der Waals surface area contributed by atoms with Crippen LogP contribution in [0.15, 0.2) is 18.2 Å². The van der Waals surface area contributed by atoms with Crippen LogP contribution < -0.4 is 0 Å². The van der Waals surface area contributed by atoms with Gasteiger partial charge in [-0.25, -0.2) is 0 Å². The third-order valence-electron chi connectivity index (χ3n) is 3.58. The van der Waals surface area contributed by atoms with Gasteiger partial charge in [0.1, 0.15) is 0 Å². The van der Waals surface area contributed by atoms with Crippen molar-refractivity contribution in [2.45, 2.75) is 33.1 Å². The predicted octanol–water partition coefficient (Wildman–Crippen LogP) is 2.09. The molecule has 1 heterocycles. The molecule has 22 heavy (non-hydrogen) atoms. The average Bonchev–Trinajstić information content (AvgIpc) is 2.47. The summed E-state index contributed by atoms with van der Waals surface area (Å²) in [6.07, 6.45) is 0. The van der Waals surface area contributed by atoms with Crippen LogP contribution >= 0.6 is 0 Å². The zero-order valence-corrected chi connectivity index (χ0v) is 14.4. The van der Waals surface area contributed by atoms with Crippen molar-refractivity contribution in [2.24, 2.45) is 0 Å². The Kier molecular flexibility index (Phi) is 6.90. The van der Waals surface area contributed by atoms with E-state index < -0.39 is 11.6 Å². The summed E-state index contributed by atoms with van der Waals surface area (Å²) in [5, 5.41) is 0. The summed E-state index contributed by atoms with van der Waals surface area (Å²) in [5.74, 6) is 0.117. The number of nitrogens with zero attached hydrogens (tertiary/aromatic N) is 1. The second-order valence-corrected chi connectivity index (χ2v) is 6.39. The first-order chi connectivity index (χ1) is 10.3. The van der Waals surface area contributed by atoms with E-state index in [1.807, 2.05) is 17.0 Å². The van der Waals surface area contributed by atoms with Crippen LogP contribution in [0.1, 0.15) is 42.3 Å². The summed E-state index contributed by atoms with van der Waals surface area (Å²) >= 11 is -0.750. The minimum absolute atomic E-state index is 0.116. The fraction of sp³-hybridized carbons (Fsp3) is 0.562. The zero-order chi connectivity index (χ0) is 16.8. The van der Waals surface area contributed by atoms with Crippen molar-refractivity contribution in [2.75, 3.05) is 26.3 Å². The van der Waals surface area contributed by atoms with Gasteiger partial charge in [0.2, 0.25) is 0 Å². The van der Waals surface area contributed by atoms with Crippen LogP contribution in [-0.2, 0) is 21.7 Å². The van der Waals surface area contributed by atoms with Crippen molar-refractivity contribution in [3.63, 3.8) is 0 Å². The van der Waals surface area contributed by atoms with E-state index >= 15 is 0 Å². The number of rotatable bonds is 1. The molecular weight excluding hydrogens is 302 g/mol. The molecular formula is C16H23NO4S. The second-order valence-electron chi connectivity index (χ2n) is 6.25. The highest BCUT2D eigenvalue weighted by Gasteiger charge is 2.21. The van der Waals surface area contributed by atoms with Gasteiger partial charge in [-0.15, -0.1) is 0 Å². The molecule has 0 atom stereocenters. The molecule has 122 valence electrons. The van der Waals surface area contributed by atoms with Gasteiger partial charge in [0.15, 0.2) is 0 Å². The van der Waals surface area contributed by atoms with Gasteiger partial charge in [-0.3, -0.25) is 4.79 Å². The fourth-order valence-corrected chi connectivity index (χ4v) is 2.59. The van der Waals surface area contributed by atoms with Crippen molar-refractivity contribution < 1.29 is 17.9 Å². The van der Waals surface area contributed by atoms with Crippen molar-refractivity contribution >= 4 is 17.5 Å². The number of benzene rings is 1. The quantitative estimate of drug-likeness (QED) is 0.793. The Morgan fingerprint density at radius 1 is 1.18 bits per heavy atom. The molecule has 0 N–H and O–H groups in total. The number of hydrogen-bond donors (Lipinski definition) is 0. The summed E-state index contributed by atoms with van der Waals surface area (Å²) < 4.78 is 21.9. The van der Waals surface area contributed by atoms with Crippen LogP contribution in [0.2, 0.25) is 0 Å². The molecule has 0 bridgehead atoms. The summed E-state index contributed by atoms with van der Waals surface area (Å²) in [4.78, 5) is 14.3. The van der Waals surface area contributed by atoms with Crippen molar-refractivity contribution in [1.82, 2.24) is 4.90 Å². The number of amides is 1. The molecule has 1 saturated heterocycles. The summed E-state index contributed by atoms with van der Waals surface area (Å²) in [6.45, 7) is 11.3. The van der Waals surface area contributed by atoms with Crippen molar-refractivity contribution in [3.05, 3.63) is 34.9 Å². The van der Waals surface area contributed by atoms with Gasteiger partial charge in [0.05, 0.1) is 13.2 Å². The van der Waals surface area contributed by atoms with Gasteiger partial charge < -0.3 is 9.64 Å². The third kappa shape index (κ3) is 5.03. The Hall–Kier alpha value is -1.53. The van der Waals surface area contributed by atoms with Crippen LogP contribution in [0.3, 0.4) is 0 Å². The molecule has 2 rings (SSSR count). The summed E-state index contributed by atoms with van der Waals surface area (Å²) in [6, 6.07) is 6.05. The Balaban J connectivity index is 0.000000745. The molecule has 0 spiro atoms. The molecule has 1 aliphatic heterocycles. The first-order valence-electron chi connectivity index (χ1n) is 7.21. The number of hydrogen-bond acceptors (Lipinski definition) is 4. The number of aryl methyl sites for hydroxylation is 1. The van der Waals surface area contributed by atoms with E-state index in [-0.39, 0.29) is 11.3 Å². The first kappa shape index (κ1) is 18.5. The normalized spacial score (nSPS) is 14.8. The lowest BCUT2D eigenvalue weighted by Crippen LogP contribution is -2.40. The molecule has 1 aromatic carbocycles. The average molecular weight is 325 g/mol. The molecule has 0 aliphatic carbocycles. The van der Waals surface area contributed by atoms with Crippen LogP contribution in [0.5, 0.6) is 0 Å². The Morgan fingerprint density at radius 3 is 2.18 bits per heavy atom. The molecule has 1 amide bonds. The molecule has 6 heteroatoms. The van der Waals surface area contributed by atoms with E-state index in [0.717, 1.165) is 5.56 Å². The van der Waals surface area contributed by atoms with Crippen LogP contribution in [0, 0.1) is 6.92 Å². The van der Waals surface area contributed by atoms with Gasteiger partial charge in [0.25, 0.3) is 5.91 Å². The minimum atomic E-state index is -0.750. The van der Waals surface area contributed by atoms with E-state index in [2.05, 4.69) is 33.8 Å². The van der Waals surface area contributed by atoms with Crippen LogP contribution in [0.25, 0.3) is 0 Å². The number of carbonyl (C=O) groups is 1. The molecule has 0 saturated carbocycles. The van der Waals surface area contributed by atoms with E-state index in [4.69, 9.17) is 13.2 Å². The van der Waals surface area contributed by atoms with Gasteiger partial charge in [-0.1, -0.05) is 26.8 Å². The maximum Gasteiger partial charge on any atom is 0.335 e. The molecule has 0 aromatic heterocycles. The highest BCUT2D eigenvalue weighted by Crippen LogP contribution is 2.26. The number of morpholine rings is 1. The Bertz CT molecular complexity index is 554. The minimum Gasteiger partial charge on any atom is -0.378 e. The molecule has 1 aromatic rings. The Labute approximate surface area is 135 Å². The van der Waals surface area contributed by atoms with Gasteiger partial charge in [-0.05, 0) is 35.6 Å². The number of ether oxygens (including phenoxy) is 1. The van der Waals surface area contributed by atoms with E-state index in [1.54, 1.807) is 0 Å². The van der Waals surface area contributed by atoms with Gasteiger partial charge in [-0.2, -0.15) is 8.42 Å². The predicted molar refractivity (Wildman–Crippen MR) is 85.5 cm³/mol. The third-order valence-corrected chi connectivity index (χ3v) is 3.58. The van der Waals surface area contributed by atoms with Crippen molar-refractivity contribution in [3.8, 4) is 0 Å². The summed E-state index contributed by atoms with van der Waals surface area (Å²) in [5.41, 5.74) is 3.38. The van der Waals surface area contributed by atoms with Crippen molar-refractivity contribution in [1.29, 1.82) is 0 Å². The standard InChI is InChI=1S/C16H23NO2.O2S/c1-12-11-13(5-6-14(12)16(2,3)4)15(18)17-7-9-19-10-8-17;1-3-2/h5-6,11H,7-10H2,1-4H3;. The molecule has 1 aliphatic rings. The maximum absolute atomic E-state index is 12.4. The molecule has 5 nitrogen and oxygen atoms in total. The van der Waals surface area contributed by atoms with Gasteiger partial charge >= 0.3 is 11.6 Å². The van der Waals surface area contributed by atoms with E-state index in [0.29, 0.717) is 26.3 Å². The Morgan fingerprint density at radius 2 is 1.73 bits per heavy atom. The lowest BCUT2D eigenvalue weighted by atomic mass is 9.83. The largest absolute Gasteiger partial charge is 0.378 e. The van der Waals surface area contributed by atoms with Gasteiger partial charge in [0, 0.05) is 18.7 Å². The smallest absolute Gasteiger partial charge is 0.335 e. The van der Waals surface area contributed by atoms with E-state index in [1.165, 1.54) is 11.1 Å². The summed E-state index contributed by atoms with van der Waals surface area (Å²) in [7, 11) is 0. The van der Waals surface area contributed by atoms with Crippen LogP contribution in [0.4, 0.5) is 0 Å². The monoisotopic (exact) mass is 325 g/mol. The number of carbonyl (C=O) groups excluding carboxylic acids is 1. The SMILES string of the molecule is Cc1cc(C(=O)N2CCOCC2)ccc1C(C)(C)C.O=S=O. The lowest BCUT2D eigenvalue weighted by molar-refractivity contribution is 0.0303. The maximum atomic E-state index is 12.4. The first-order valence-corrected chi connectivity index (χ1v) is 7.88. The lowest BCUT2D eigenvalue weighted by Gasteiger charge is -2.27. The highest BCUT2D eigenvalue weighted by atomic mass is 32.1. The fourth-order valence-electron chi connectivity index (χ4n) is 2.59. The van der Waals surface area contributed by atoms with Crippen LogP contribution in [-0.4, -0.2) is 45.5 Å². The second kappa shape index (κ2) is 8.19. The highest BCUT2D eigenvalue weighted by molar-refractivity contribution is 7.51.